The van der Waals surface area contributed by atoms with Crippen LogP contribution in [0.25, 0.3) is 0 Å². The summed E-state index contributed by atoms with van der Waals surface area (Å²) in [6.45, 7) is 0. The Kier molecular flexibility index (Phi) is 4.37. The van der Waals surface area contributed by atoms with E-state index in [9.17, 15) is 4.79 Å². The lowest BCUT2D eigenvalue weighted by Crippen LogP contribution is -2.03. The molecule has 0 aliphatic heterocycles. The van der Waals surface area contributed by atoms with E-state index in [1.54, 1.807) is 18.2 Å². The van der Waals surface area contributed by atoms with E-state index >= 15 is 0 Å². The normalized spacial score (nSPS) is 9.93. The molecule has 0 aromatic heterocycles. The molecular formula is C10H12ClO2P. The number of carbonyl (C=O) groups is 1. The molecule has 0 fully saturated rings. The van der Waals surface area contributed by atoms with Crippen LogP contribution in [0.2, 0.25) is 5.02 Å². The first-order valence-corrected chi connectivity index (χ1v) is 5.46. The summed E-state index contributed by atoms with van der Waals surface area (Å²) in [4.78, 5) is 11.7. The first-order valence-electron chi connectivity index (χ1n) is 4.26. The molecule has 2 nitrogen and oxygen atoms in total. The Labute approximate surface area is 90.8 Å². The highest BCUT2D eigenvalue weighted by molar-refractivity contribution is 7.16. The van der Waals surface area contributed by atoms with Crippen LogP contribution in [0.4, 0.5) is 0 Å². The SMILES string of the molecule is COc1cccc(Cl)c1C(=O)CCP. The van der Waals surface area contributed by atoms with E-state index in [0.29, 0.717) is 22.8 Å². The maximum absolute atomic E-state index is 11.7. The van der Waals surface area contributed by atoms with Crippen molar-refractivity contribution in [3.63, 3.8) is 0 Å². The van der Waals surface area contributed by atoms with E-state index in [2.05, 4.69) is 9.24 Å². The van der Waals surface area contributed by atoms with E-state index in [1.807, 2.05) is 0 Å². The van der Waals surface area contributed by atoms with Gasteiger partial charge in [0.2, 0.25) is 0 Å². The molecule has 4 heteroatoms. The third kappa shape index (κ3) is 2.46. The average molecular weight is 231 g/mol. The van der Waals surface area contributed by atoms with Gasteiger partial charge in [-0.25, -0.2) is 0 Å². The van der Waals surface area contributed by atoms with E-state index in [1.165, 1.54) is 7.11 Å². The van der Waals surface area contributed by atoms with E-state index in [-0.39, 0.29) is 5.78 Å². The van der Waals surface area contributed by atoms with Crippen LogP contribution in [0.3, 0.4) is 0 Å². The quantitative estimate of drug-likeness (QED) is 0.587. The van der Waals surface area contributed by atoms with Crippen LogP contribution in [0.5, 0.6) is 5.75 Å². The molecule has 1 aromatic rings. The third-order valence-electron chi connectivity index (χ3n) is 1.85. The zero-order chi connectivity index (χ0) is 10.6. The summed E-state index contributed by atoms with van der Waals surface area (Å²) in [5.74, 6) is 0.559. The second-order valence-corrected chi connectivity index (χ2v) is 3.76. The molecule has 0 amide bonds. The van der Waals surface area contributed by atoms with Gasteiger partial charge >= 0.3 is 0 Å². The lowest BCUT2D eigenvalue weighted by molar-refractivity contribution is 0.0987. The van der Waals surface area contributed by atoms with Gasteiger partial charge in [-0.1, -0.05) is 17.7 Å². The second kappa shape index (κ2) is 5.33. The highest BCUT2D eigenvalue weighted by Crippen LogP contribution is 2.27. The van der Waals surface area contributed by atoms with Crippen molar-refractivity contribution in [1.82, 2.24) is 0 Å². The maximum Gasteiger partial charge on any atom is 0.168 e. The van der Waals surface area contributed by atoms with Crippen molar-refractivity contribution in [3.8, 4) is 5.75 Å². The fourth-order valence-corrected chi connectivity index (χ4v) is 1.73. The van der Waals surface area contributed by atoms with Crippen molar-refractivity contribution >= 4 is 26.6 Å². The Hall–Kier alpha value is -0.590. The number of ketones is 1. The Bertz CT molecular complexity index is 339. The Balaban J connectivity index is 3.10. The number of hydrogen-bond donors (Lipinski definition) is 0. The molecule has 1 rings (SSSR count). The molecule has 14 heavy (non-hydrogen) atoms. The van der Waals surface area contributed by atoms with Crippen LogP contribution in [-0.4, -0.2) is 19.1 Å². The molecule has 0 heterocycles. The van der Waals surface area contributed by atoms with E-state index in [0.717, 1.165) is 6.16 Å². The summed E-state index contributed by atoms with van der Waals surface area (Å²) >= 11 is 5.93. The molecule has 0 saturated carbocycles. The van der Waals surface area contributed by atoms with Gasteiger partial charge in [-0.2, -0.15) is 0 Å². The molecule has 1 aromatic carbocycles. The summed E-state index contributed by atoms with van der Waals surface area (Å²) in [6, 6.07) is 5.20. The highest BCUT2D eigenvalue weighted by Gasteiger charge is 2.14. The minimum Gasteiger partial charge on any atom is -0.496 e. The first-order chi connectivity index (χ1) is 6.70. The molecule has 0 aliphatic rings. The molecule has 0 aliphatic carbocycles. The monoisotopic (exact) mass is 230 g/mol. The number of halogens is 1. The minimum atomic E-state index is 0.0162. The standard InChI is InChI=1S/C10H12ClO2P/c1-13-9-4-2-3-7(11)10(9)8(12)5-6-14/h2-4H,5-6,14H2,1H3. The van der Waals surface area contributed by atoms with Gasteiger partial charge in [0.05, 0.1) is 17.7 Å². The van der Waals surface area contributed by atoms with Crippen LogP contribution in [-0.2, 0) is 0 Å². The fourth-order valence-electron chi connectivity index (χ4n) is 1.20. The molecule has 1 unspecified atom stereocenters. The zero-order valence-corrected chi connectivity index (χ0v) is 9.83. The summed E-state index contributed by atoms with van der Waals surface area (Å²) in [6.07, 6.45) is 1.19. The first kappa shape index (κ1) is 11.5. The molecule has 76 valence electrons. The number of Topliss-reactive ketones (excluding diaryl/α,β-unsaturated/α-hetero) is 1. The predicted molar refractivity (Wildman–Crippen MR) is 61.5 cm³/mol. The molecule has 0 N–H and O–H groups in total. The van der Waals surface area contributed by atoms with Gasteiger partial charge in [-0.15, -0.1) is 9.24 Å². The summed E-state index contributed by atoms with van der Waals surface area (Å²) in [7, 11) is 4.05. The van der Waals surface area contributed by atoms with Crippen LogP contribution in [0, 0.1) is 0 Å². The molecule has 0 bridgehead atoms. The van der Waals surface area contributed by atoms with Crippen molar-refractivity contribution in [1.29, 1.82) is 0 Å². The van der Waals surface area contributed by atoms with Gasteiger partial charge < -0.3 is 4.74 Å². The van der Waals surface area contributed by atoms with Gasteiger partial charge in [-0.05, 0) is 18.3 Å². The predicted octanol–water partition coefficient (Wildman–Crippen LogP) is 2.80. The van der Waals surface area contributed by atoms with Gasteiger partial charge in [-0.3, -0.25) is 4.79 Å². The van der Waals surface area contributed by atoms with Gasteiger partial charge in [0, 0.05) is 6.42 Å². The van der Waals surface area contributed by atoms with E-state index in [4.69, 9.17) is 16.3 Å². The second-order valence-electron chi connectivity index (χ2n) is 2.78. The van der Waals surface area contributed by atoms with Crippen molar-refractivity contribution < 1.29 is 9.53 Å². The molecule has 0 saturated heterocycles. The summed E-state index contributed by atoms with van der Waals surface area (Å²) < 4.78 is 5.08. The van der Waals surface area contributed by atoms with Crippen LogP contribution < -0.4 is 4.74 Å². The third-order valence-corrected chi connectivity index (χ3v) is 2.45. The van der Waals surface area contributed by atoms with Crippen molar-refractivity contribution in [3.05, 3.63) is 28.8 Å². The average Bonchev–Trinajstić information content (AvgIpc) is 2.17. The molecule has 1 atom stereocenters. The highest BCUT2D eigenvalue weighted by atomic mass is 35.5. The Morgan fingerprint density at radius 3 is 2.86 bits per heavy atom. The molecular weight excluding hydrogens is 219 g/mol. The Morgan fingerprint density at radius 2 is 2.29 bits per heavy atom. The largest absolute Gasteiger partial charge is 0.496 e. The number of methoxy groups -OCH3 is 1. The van der Waals surface area contributed by atoms with Gasteiger partial charge in [0.25, 0.3) is 0 Å². The van der Waals surface area contributed by atoms with Crippen LogP contribution in [0.15, 0.2) is 18.2 Å². The molecule has 0 radical (unpaired) electrons. The van der Waals surface area contributed by atoms with Crippen molar-refractivity contribution in [2.45, 2.75) is 6.42 Å². The maximum atomic E-state index is 11.7. The number of carbonyl (C=O) groups excluding carboxylic acids is 1. The number of hydrogen-bond acceptors (Lipinski definition) is 2. The van der Waals surface area contributed by atoms with Crippen molar-refractivity contribution in [2.75, 3.05) is 13.3 Å². The topological polar surface area (TPSA) is 26.3 Å². The summed E-state index contributed by atoms with van der Waals surface area (Å²) in [5.41, 5.74) is 0.485. The summed E-state index contributed by atoms with van der Waals surface area (Å²) in [5, 5.41) is 0.452. The van der Waals surface area contributed by atoms with Crippen LogP contribution in [0.1, 0.15) is 16.8 Å². The number of rotatable bonds is 4. The number of ether oxygens (including phenoxy) is 1. The van der Waals surface area contributed by atoms with Gasteiger partial charge in [0.15, 0.2) is 5.78 Å². The fraction of sp³-hybridized carbons (Fsp3) is 0.300. The minimum absolute atomic E-state index is 0.0162. The van der Waals surface area contributed by atoms with E-state index < -0.39 is 0 Å². The lowest BCUT2D eigenvalue weighted by Gasteiger charge is -2.08. The Morgan fingerprint density at radius 1 is 1.57 bits per heavy atom. The number of benzene rings is 1. The smallest absolute Gasteiger partial charge is 0.168 e. The zero-order valence-electron chi connectivity index (χ0n) is 7.92. The van der Waals surface area contributed by atoms with Crippen LogP contribution >= 0.6 is 20.8 Å². The van der Waals surface area contributed by atoms with Gasteiger partial charge in [0.1, 0.15) is 5.75 Å². The van der Waals surface area contributed by atoms with Crippen molar-refractivity contribution in [2.24, 2.45) is 0 Å². The lowest BCUT2D eigenvalue weighted by atomic mass is 10.1. The molecule has 0 spiro atoms.